The van der Waals surface area contributed by atoms with Crippen molar-refractivity contribution in [2.45, 2.75) is 25.7 Å². The lowest BCUT2D eigenvalue weighted by atomic mass is 9.93. The predicted molar refractivity (Wildman–Crippen MR) is 101 cm³/mol. The first-order valence-electron chi connectivity index (χ1n) is 9.17. The van der Waals surface area contributed by atoms with Crippen LogP contribution in [-0.4, -0.2) is 57.1 Å². The van der Waals surface area contributed by atoms with Gasteiger partial charge in [0.2, 0.25) is 5.91 Å². The van der Waals surface area contributed by atoms with Crippen molar-refractivity contribution >= 4 is 11.9 Å². The summed E-state index contributed by atoms with van der Waals surface area (Å²) in [6.07, 6.45) is 3.43. The Labute approximate surface area is 154 Å². The van der Waals surface area contributed by atoms with Crippen molar-refractivity contribution < 1.29 is 13.9 Å². The number of piperidine rings is 1. The van der Waals surface area contributed by atoms with Gasteiger partial charge in [0.1, 0.15) is 11.6 Å². The molecule has 0 unspecified atom stereocenters. The van der Waals surface area contributed by atoms with Gasteiger partial charge in [-0.2, -0.15) is 0 Å². The normalized spacial score (nSPS) is 15.7. The van der Waals surface area contributed by atoms with Gasteiger partial charge in [-0.05, 0) is 49.4 Å². The third-order valence-corrected chi connectivity index (χ3v) is 4.57. The molecule has 26 heavy (non-hydrogen) atoms. The van der Waals surface area contributed by atoms with E-state index in [0.29, 0.717) is 24.7 Å². The molecule has 0 aromatic heterocycles. The highest BCUT2D eigenvalue weighted by molar-refractivity contribution is 5.80. The number of hydrogen-bond donors (Lipinski definition) is 2. The fourth-order valence-corrected chi connectivity index (χ4v) is 3.04. The second kappa shape index (κ2) is 10.6. The highest BCUT2D eigenvalue weighted by Crippen LogP contribution is 2.20. The Kier molecular flexibility index (Phi) is 8.18. The minimum Gasteiger partial charge on any atom is -0.494 e. The highest BCUT2D eigenvalue weighted by Gasteiger charge is 2.22. The first-order chi connectivity index (χ1) is 12.6. The maximum Gasteiger partial charge on any atom is 0.220 e. The quantitative estimate of drug-likeness (QED) is 0.441. The number of carbonyl (C=O) groups is 1. The van der Waals surface area contributed by atoms with Crippen LogP contribution in [0.3, 0.4) is 0 Å². The van der Waals surface area contributed by atoms with Crippen molar-refractivity contribution in [3.63, 3.8) is 0 Å². The maximum atomic E-state index is 12.8. The van der Waals surface area contributed by atoms with Gasteiger partial charge in [-0.1, -0.05) is 0 Å². The first kappa shape index (κ1) is 20.0. The fourth-order valence-electron chi connectivity index (χ4n) is 3.04. The molecule has 1 fully saturated rings. The zero-order valence-corrected chi connectivity index (χ0v) is 15.6. The molecule has 2 N–H and O–H groups in total. The Morgan fingerprint density at radius 2 is 2.00 bits per heavy atom. The Morgan fingerprint density at radius 3 is 2.62 bits per heavy atom. The minimum absolute atomic E-state index is 0.118. The molecule has 1 aliphatic heterocycles. The zero-order chi connectivity index (χ0) is 18.8. The van der Waals surface area contributed by atoms with Crippen LogP contribution in [0.25, 0.3) is 0 Å². The van der Waals surface area contributed by atoms with Gasteiger partial charge in [-0.25, -0.2) is 4.39 Å². The molecule has 1 saturated heterocycles. The summed E-state index contributed by atoms with van der Waals surface area (Å²) in [6.45, 7) is 3.14. The van der Waals surface area contributed by atoms with Crippen LogP contribution in [-0.2, 0) is 4.79 Å². The summed E-state index contributed by atoms with van der Waals surface area (Å²) in [4.78, 5) is 18.1. The van der Waals surface area contributed by atoms with Crippen LogP contribution in [0.1, 0.15) is 25.7 Å². The average molecular weight is 364 g/mol. The molecule has 0 aliphatic carbocycles. The molecule has 1 aromatic rings. The Morgan fingerprint density at radius 1 is 1.31 bits per heavy atom. The van der Waals surface area contributed by atoms with Crippen LogP contribution in [0.5, 0.6) is 5.75 Å². The molecule has 1 aliphatic rings. The van der Waals surface area contributed by atoms with Crippen LogP contribution >= 0.6 is 0 Å². The van der Waals surface area contributed by atoms with E-state index in [1.54, 1.807) is 26.2 Å². The van der Waals surface area contributed by atoms with Crippen LogP contribution in [0, 0.1) is 11.7 Å². The van der Waals surface area contributed by atoms with Gasteiger partial charge in [0.15, 0.2) is 5.96 Å². The van der Waals surface area contributed by atoms with Crippen LogP contribution in [0.2, 0.25) is 0 Å². The summed E-state index contributed by atoms with van der Waals surface area (Å²) < 4.78 is 18.4. The monoisotopic (exact) mass is 364 g/mol. The van der Waals surface area contributed by atoms with Crippen molar-refractivity contribution in [1.82, 2.24) is 15.5 Å². The number of guanidine groups is 1. The summed E-state index contributed by atoms with van der Waals surface area (Å²) in [5.74, 6) is 1.88. The number of nitrogens with zero attached hydrogens (tertiary/aromatic N) is 2. The summed E-state index contributed by atoms with van der Waals surface area (Å²) in [5.41, 5.74) is 0. The summed E-state index contributed by atoms with van der Waals surface area (Å²) in [7, 11) is 3.47. The maximum absolute atomic E-state index is 12.8. The smallest absolute Gasteiger partial charge is 0.220 e. The van der Waals surface area contributed by atoms with Gasteiger partial charge in [-0.15, -0.1) is 0 Å². The highest BCUT2D eigenvalue weighted by atomic mass is 19.1. The number of ether oxygens (including phenoxy) is 1. The van der Waals surface area contributed by atoms with E-state index < -0.39 is 0 Å². The molecule has 1 aromatic carbocycles. The molecular weight excluding hydrogens is 335 g/mol. The standard InChI is InChI=1S/C19H29FN4O2/c1-21-18(25)14-15-8-11-24(12-9-15)19(22-2)23-10-3-13-26-17-6-4-16(20)5-7-17/h4-7,15H,3,8-14H2,1-2H3,(H,21,25)(H,22,23). The molecular formula is C19H29FN4O2. The number of amides is 1. The number of carbonyl (C=O) groups excluding carboxylic acids is 1. The van der Waals surface area contributed by atoms with E-state index in [1.807, 2.05) is 0 Å². The Hall–Kier alpha value is -2.31. The molecule has 0 atom stereocenters. The van der Waals surface area contributed by atoms with Crippen molar-refractivity contribution in [3.8, 4) is 5.75 Å². The van der Waals surface area contributed by atoms with E-state index in [2.05, 4.69) is 20.5 Å². The van der Waals surface area contributed by atoms with Crippen LogP contribution in [0.4, 0.5) is 4.39 Å². The third kappa shape index (κ3) is 6.54. The minimum atomic E-state index is -0.262. The molecule has 0 spiro atoms. The van der Waals surface area contributed by atoms with Crippen LogP contribution < -0.4 is 15.4 Å². The van der Waals surface area contributed by atoms with Crippen LogP contribution in [0.15, 0.2) is 29.3 Å². The average Bonchev–Trinajstić information content (AvgIpc) is 2.67. The number of nitrogens with one attached hydrogen (secondary N) is 2. The number of likely N-dealkylation sites (tertiary alicyclic amines) is 1. The summed E-state index contributed by atoms with van der Waals surface area (Å²) >= 11 is 0. The van der Waals surface area contributed by atoms with Gasteiger partial charge < -0.3 is 20.3 Å². The predicted octanol–water partition coefficient (Wildman–Crippen LogP) is 2.02. The molecule has 0 bridgehead atoms. The number of halogens is 1. The zero-order valence-electron chi connectivity index (χ0n) is 15.6. The summed E-state index contributed by atoms with van der Waals surface area (Å²) in [6, 6.07) is 6.04. The van der Waals surface area contributed by atoms with E-state index in [4.69, 9.17) is 4.74 Å². The fraction of sp³-hybridized carbons (Fsp3) is 0.579. The number of rotatable bonds is 7. The number of hydrogen-bond acceptors (Lipinski definition) is 3. The first-order valence-corrected chi connectivity index (χ1v) is 9.17. The third-order valence-electron chi connectivity index (χ3n) is 4.57. The van der Waals surface area contributed by atoms with Crippen molar-refractivity contribution in [2.24, 2.45) is 10.9 Å². The number of aliphatic imine (C=N–C) groups is 1. The second-order valence-corrected chi connectivity index (χ2v) is 6.44. The largest absolute Gasteiger partial charge is 0.494 e. The van der Waals surface area contributed by atoms with E-state index in [0.717, 1.165) is 44.9 Å². The lowest BCUT2D eigenvalue weighted by Crippen LogP contribution is -2.46. The molecule has 7 heteroatoms. The van der Waals surface area contributed by atoms with Gasteiger partial charge in [0, 0.05) is 40.2 Å². The molecule has 0 radical (unpaired) electrons. The van der Waals surface area contributed by atoms with Gasteiger partial charge >= 0.3 is 0 Å². The lowest BCUT2D eigenvalue weighted by molar-refractivity contribution is -0.121. The van der Waals surface area contributed by atoms with Gasteiger partial charge in [-0.3, -0.25) is 9.79 Å². The molecule has 6 nitrogen and oxygen atoms in total. The molecule has 1 amide bonds. The van der Waals surface area contributed by atoms with E-state index in [-0.39, 0.29) is 11.7 Å². The molecule has 144 valence electrons. The van der Waals surface area contributed by atoms with Crippen molar-refractivity contribution in [2.75, 3.05) is 40.3 Å². The second-order valence-electron chi connectivity index (χ2n) is 6.44. The molecule has 2 rings (SSSR count). The number of benzene rings is 1. The summed E-state index contributed by atoms with van der Waals surface area (Å²) in [5, 5.41) is 6.05. The van der Waals surface area contributed by atoms with Crippen molar-refractivity contribution in [1.29, 1.82) is 0 Å². The Balaban J connectivity index is 1.63. The van der Waals surface area contributed by atoms with Gasteiger partial charge in [0.05, 0.1) is 6.61 Å². The van der Waals surface area contributed by atoms with E-state index in [9.17, 15) is 9.18 Å². The van der Waals surface area contributed by atoms with Crippen molar-refractivity contribution in [3.05, 3.63) is 30.1 Å². The molecule has 1 heterocycles. The Bertz CT molecular complexity index is 584. The van der Waals surface area contributed by atoms with E-state index in [1.165, 1.54) is 12.1 Å². The van der Waals surface area contributed by atoms with Gasteiger partial charge in [0.25, 0.3) is 0 Å². The topological polar surface area (TPSA) is 66.0 Å². The SMILES string of the molecule is CN=C(NCCCOc1ccc(F)cc1)N1CCC(CC(=O)NC)CC1. The molecule has 0 saturated carbocycles. The van der Waals surface area contributed by atoms with E-state index >= 15 is 0 Å². The lowest BCUT2D eigenvalue weighted by Gasteiger charge is -2.34.